The number of rotatable bonds is 2. The first-order valence-corrected chi connectivity index (χ1v) is 6.16. The molecule has 0 fully saturated rings. The molecular weight excluding hydrogens is 266 g/mol. The number of hydrogen-bond donors (Lipinski definition) is 3. The highest BCUT2D eigenvalue weighted by Crippen LogP contribution is 2.28. The molecule has 96 valence electrons. The minimum absolute atomic E-state index is 0.134. The van der Waals surface area contributed by atoms with E-state index in [0.29, 0.717) is 21.5 Å². The molecule has 19 heavy (non-hydrogen) atoms. The van der Waals surface area contributed by atoms with Crippen molar-refractivity contribution >= 4 is 28.7 Å². The van der Waals surface area contributed by atoms with Crippen molar-refractivity contribution in [1.29, 1.82) is 0 Å². The van der Waals surface area contributed by atoms with Gasteiger partial charge in [-0.25, -0.2) is 9.97 Å². The lowest BCUT2D eigenvalue weighted by molar-refractivity contribution is 0.903. The molecule has 0 amide bonds. The average molecular weight is 275 g/mol. The van der Waals surface area contributed by atoms with Crippen LogP contribution < -0.4 is 11.3 Å². The summed E-state index contributed by atoms with van der Waals surface area (Å²) in [5.74, 6) is 0.134. The summed E-state index contributed by atoms with van der Waals surface area (Å²) in [6.07, 6.45) is 1.60. The predicted molar refractivity (Wildman–Crippen MR) is 69.8 cm³/mol. The number of H-pyrrole nitrogens is 2. The maximum absolute atomic E-state index is 11.4. The van der Waals surface area contributed by atoms with Gasteiger partial charge in [0.15, 0.2) is 10.8 Å². The smallest absolute Gasteiger partial charge is 0.251 e. The third kappa shape index (κ3) is 2.27. The van der Waals surface area contributed by atoms with E-state index in [9.17, 15) is 4.79 Å². The van der Waals surface area contributed by atoms with Crippen LogP contribution in [0.25, 0.3) is 11.0 Å². The van der Waals surface area contributed by atoms with E-state index in [1.807, 2.05) is 0 Å². The number of nitrogens with one attached hydrogen (secondary N) is 2. The zero-order chi connectivity index (χ0) is 13.4. The van der Waals surface area contributed by atoms with Gasteiger partial charge in [0.25, 0.3) is 5.56 Å². The summed E-state index contributed by atoms with van der Waals surface area (Å²) in [7, 11) is 0. The monoisotopic (exact) mass is 275 g/mol. The number of nitrogen functional groups attached to an aromatic ring is 1. The molecule has 3 aromatic heterocycles. The molecule has 9 heteroatoms. The molecule has 0 bridgehead atoms. The number of aromatic nitrogens is 6. The van der Waals surface area contributed by atoms with E-state index in [-0.39, 0.29) is 11.5 Å². The molecular formula is C10H9N7OS. The second-order valence-electron chi connectivity index (χ2n) is 3.81. The van der Waals surface area contributed by atoms with E-state index < -0.39 is 0 Å². The highest BCUT2D eigenvalue weighted by molar-refractivity contribution is 7.99. The number of hydrogen-bond acceptors (Lipinski definition) is 7. The van der Waals surface area contributed by atoms with Gasteiger partial charge in [0, 0.05) is 11.8 Å². The minimum Gasteiger partial charge on any atom is -0.368 e. The molecule has 0 aliphatic carbocycles. The Kier molecular flexibility index (Phi) is 2.67. The Bertz CT molecular complexity index is 809. The van der Waals surface area contributed by atoms with Crippen molar-refractivity contribution in [2.24, 2.45) is 0 Å². The SMILES string of the molecule is Cc1cc(=O)[nH]c(Sc2nc(N)nc3[nH]ncc23)n1. The maximum Gasteiger partial charge on any atom is 0.251 e. The van der Waals surface area contributed by atoms with Crippen LogP contribution in [0.5, 0.6) is 0 Å². The first-order valence-electron chi connectivity index (χ1n) is 5.34. The van der Waals surface area contributed by atoms with Gasteiger partial charge in [-0.05, 0) is 18.7 Å². The Labute approximate surface area is 110 Å². The number of aromatic amines is 2. The van der Waals surface area contributed by atoms with Gasteiger partial charge in [-0.3, -0.25) is 9.89 Å². The van der Waals surface area contributed by atoms with Crippen LogP contribution >= 0.6 is 11.8 Å². The largest absolute Gasteiger partial charge is 0.368 e. The lowest BCUT2D eigenvalue weighted by Crippen LogP contribution is -2.08. The van der Waals surface area contributed by atoms with Crippen LogP contribution in [0.4, 0.5) is 5.95 Å². The molecule has 8 nitrogen and oxygen atoms in total. The summed E-state index contributed by atoms with van der Waals surface area (Å²) >= 11 is 1.21. The molecule has 3 heterocycles. The summed E-state index contributed by atoms with van der Waals surface area (Å²) in [6, 6.07) is 1.42. The van der Waals surface area contributed by atoms with Crippen LogP contribution in [0.3, 0.4) is 0 Å². The zero-order valence-electron chi connectivity index (χ0n) is 9.84. The third-order valence-corrected chi connectivity index (χ3v) is 3.22. The van der Waals surface area contributed by atoms with Crippen molar-refractivity contribution in [1.82, 2.24) is 30.1 Å². The lowest BCUT2D eigenvalue weighted by atomic mass is 10.4. The van der Waals surface area contributed by atoms with Gasteiger partial charge in [-0.2, -0.15) is 10.1 Å². The molecule has 4 N–H and O–H groups in total. The molecule has 0 spiro atoms. The number of fused-ring (bicyclic) bond motifs is 1. The first kappa shape index (κ1) is 11.7. The maximum atomic E-state index is 11.4. The van der Waals surface area contributed by atoms with Crippen molar-refractivity contribution < 1.29 is 0 Å². The van der Waals surface area contributed by atoms with Crippen LogP contribution in [0.1, 0.15) is 5.69 Å². The highest BCUT2D eigenvalue weighted by Gasteiger charge is 2.11. The summed E-state index contributed by atoms with van der Waals surface area (Å²) in [5, 5.41) is 8.38. The quantitative estimate of drug-likeness (QED) is 0.458. The number of anilines is 1. The normalized spacial score (nSPS) is 11.0. The Morgan fingerprint density at radius 3 is 2.95 bits per heavy atom. The summed E-state index contributed by atoms with van der Waals surface area (Å²) in [4.78, 5) is 26.4. The van der Waals surface area contributed by atoms with E-state index in [1.54, 1.807) is 13.1 Å². The molecule has 3 aromatic rings. The molecule has 0 aromatic carbocycles. The van der Waals surface area contributed by atoms with Crippen molar-refractivity contribution in [2.45, 2.75) is 17.1 Å². The second kappa shape index (κ2) is 4.35. The van der Waals surface area contributed by atoms with E-state index in [1.165, 1.54) is 17.8 Å². The summed E-state index contributed by atoms with van der Waals surface area (Å²) in [5.41, 5.74) is 6.60. The van der Waals surface area contributed by atoms with Crippen LogP contribution in [0.2, 0.25) is 0 Å². The zero-order valence-corrected chi connectivity index (χ0v) is 10.7. The fourth-order valence-electron chi connectivity index (χ4n) is 1.59. The fourth-order valence-corrected chi connectivity index (χ4v) is 2.52. The van der Waals surface area contributed by atoms with E-state index >= 15 is 0 Å². The summed E-state index contributed by atoms with van der Waals surface area (Å²) < 4.78 is 0. The van der Waals surface area contributed by atoms with Crippen LogP contribution in [0.15, 0.2) is 27.2 Å². The highest BCUT2D eigenvalue weighted by atomic mass is 32.2. The van der Waals surface area contributed by atoms with E-state index in [4.69, 9.17) is 5.73 Å². The Hall–Kier alpha value is -2.42. The van der Waals surface area contributed by atoms with Crippen LogP contribution in [-0.4, -0.2) is 30.1 Å². The minimum atomic E-state index is -0.208. The van der Waals surface area contributed by atoms with Gasteiger partial charge in [-0.15, -0.1) is 0 Å². The predicted octanol–water partition coefficient (Wildman–Crippen LogP) is 0.478. The third-order valence-electron chi connectivity index (χ3n) is 2.33. The van der Waals surface area contributed by atoms with Crippen LogP contribution in [0, 0.1) is 6.92 Å². The lowest BCUT2D eigenvalue weighted by Gasteiger charge is -2.02. The van der Waals surface area contributed by atoms with Gasteiger partial charge >= 0.3 is 0 Å². The van der Waals surface area contributed by atoms with Crippen molar-refractivity contribution in [2.75, 3.05) is 5.73 Å². The molecule has 0 atom stereocenters. The molecule has 0 unspecified atom stereocenters. The Morgan fingerprint density at radius 1 is 1.32 bits per heavy atom. The molecule has 0 aliphatic heterocycles. The van der Waals surface area contributed by atoms with Crippen molar-refractivity contribution in [3.63, 3.8) is 0 Å². The standard InChI is InChI=1S/C10H9N7OS/c1-4-2-6(18)14-10(13-4)19-8-5-3-12-17-7(5)15-9(11)16-8/h2-3H,1H3,(H,13,14,18)(H3,11,12,15,16,17). The summed E-state index contributed by atoms with van der Waals surface area (Å²) in [6.45, 7) is 1.75. The van der Waals surface area contributed by atoms with E-state index in [0.717, 1.165) is 5.39 Å². The molecule has 0 saturated carbocycles. The Morgan fingerprint density at radius 2 is 2.16 bits per heavy atom. The molecule has 3 rings (SSSR count). The van der Waals surface area contributed by atoms with Gasteiger partial charge in [-0.1, -0.05) is 0 Å². The topological polar surface area (TPSA) is 126 Å². The molecule has 0 aliphatic rings. The molecule has 0 saturated heterocycles. The number of nitrogens with zero attached hydrogens (tertiary/aromatic N) is 4. The van der Waals surface area contributed by atoms with Crippen molar-refractivity contribution in [3.8, 4) is 0 Å². The van der Waals surface area contributed by atoms with E-state index in [2.05, 4.69) is 30.1 Å². The average Bonchev–Trinajstić information content (AvgIpc) is 2.75. The van der Waals surface area contributed by atoms with Gasteiger partial charge in [0.1, 0.15) is 5.03 Å². The van der Waals surface area contributed by atoms with Gasteiger partial charge in [0.2, 0.25) is 5.95 Å². The second-order valence-corrected chi connectivity index (χ2v) is 4.79. The van der Waals surface area contributed by atoms with Crippen LogP contribution in [-0.2, 0) is 0 Å². The van der Waals surface area contributed by atoms with Gasteiger partial charge < -0.3 is 10.7 Å². The molecule has 0 radical (unpaired) electrons. The number of aryl methyl sites for hydroxylation is 1. The number of nitrogens with two attached hydrogens (primary N) is 1. The van der Waals surface area contributed by atoms with Crippen molar-refractivity contribution in [3.05, 3.63) is 28.3 Å². The van der Waals surface area contributed by atoms with Gasteiger partial charge in [0.05, 0.1) is 11.6 Å². The first-order chi connectivity index (χ1) is 9.11. The fraction of sp³-hybridized carbons (Fsp3) is 0.100. The Balaban J connectivity index is 2.09.